The van der Waals surface area contributed by atoms with E-state index in [-0.39, 0.29) is 17.5 Å². The molecule has 0 spiro atoms. The predicted molar refractivity (Wildman–Crippen MR) is 104 cm³/mol. The number of carbonyl (C=O) groups is 1. The zero-order valence-electron chi connectivity index (χ0n) is 14.8. The highest BCUT2D eigenvalue weighted by atomic mass is 32.2. The van der Waals surface area contributed by atoms with Crippen LogP contribution in [0, 0.1) is 5.82 Å². The Morgan fingerprint density at radius 2 is 2.15 bits per heavy atom. The summed E-state index contributed by atoms with van der Waals surface area (Å²) in [6.45, 7) is 1.90. The van der Waals surface area contributed by atoms with Gasteiger partial charge in [0.1, 0.15) is 11.9 Å². The van der Waals surface area contributed by atoms with Gasteiger partial charge in [-0.25, -0.2) is 17.5 Å². The average molecular weight is 402 g/mol. The highest BCUT2D eigenvalue weighted by molar-refractivity contribution is 7.98. The molecule has 3 N–H and O–H groups in total. The van der Waals surface area contributed by atoms with Gasteiger partial charge in [0.15, 0.2) is 0 Å². The van der Waals surface area contributed by atoms with Crippen LogP contribution in [0.3, 0.4) is 0 Å². The third kappa shape index (κ3) is 5.72. The fraction of sp³-hybridized carbons (Fsp3) is 0.471. The molecule has 1 aromatic carbocycles. The number of hydrogen-bond donors (Lipinski definition) is 3. The lowest BCUT2D eigenvalue weighted by molar-refractivity contribution is -0.122. The fourth-order valence-electron chi connectivity index (χ4n) is 2.59. The summed E-state index contributed by atoms with van der Waals surface area (Å²) in [6, 6.07) is 3.75. The number of aromatic amines is 1. The summed E-state index contributed by atoms with van der Waals surface area (Å²) < 4.78 is 39.2. The number of nitrogens with one attached hydrogen (secondary N) is 3. The molecule has 144 valence electrons. The summed E-state index contributed by atoms with van der Waals surface area (Å²) >= 11 is 1.56. The van der Waals surface area contributed by atoms with E-state index in [1.807, 2.05) is 6.26 Å². The number of fused-ring (bicyclic) bond motifs is 1. The number of amides is 1. The van der Waals surface area contributed by atoms with Crippen LogP contribution < -0.4 is 10.0 Å². The summed E-state index contributed by atoms with van der Waals surface area (Å²) in [4.78, 5) is 15.4. The highest BCUT2D eigenvalue weighted by Gasteiger charge is 2.22. The molecule has 1 amide bonds. The number of thioether (sulfide) groups is 1. The quantitative estimate of drug-likeness (QED) is 0.568. The first-order valence-corrected chi connectivity index (χ1v) is 11.4. The molecule has 6 nitrogen and oxygen atoms in total. The Labute approximate surface area is 157 Å². The molecule has 0 aliphatic heterocycles. The van der Waals surface area contributed by atoms with Crippen molar-refractivity contribution >= 4 is 38.6 Å². The van der Waals surface area contributed by atoms with Crippen LogP contribution in [-0.4, -0.2) is 49.7 Å². The van der Waals surface area contributed by atoms with Crippen LogP contribution in [0.4, 0.5) is 4.39 Å². The molecule has 1 heterocycles. The minimum absolute atomic E-state index is 0.0675. The Balaban J connectivity index is 1.95. The van der Waals surface area contributed by atoms with Crippen LogP contribution in [0.25, 0.3) is 10.9 Å². The molecule has 2 rings (SSSR count). The Kier molecular flexibility index (Phi) is 7.48. The number of H-pyrrole nitrogens is 1. The van der Waals surface area contributed by atoms with Crippen molar-refractivity contribution < 1.29 is 17.6 Å². The van der Waals surface area contributed by atoms with E-state index in [2.05, 4.69) is 15.0 Å². The number of sulfonamides is 1. The van der Waals surface area contributed by atoms with Crippen molar-refractivity contribution in [2.24, 2.45) is 0 Å². The number of halogens is 1. The second-order valence-corrected chi connectivity index (χ2v) is 8.93. The van der Waals surface area contributed by atoms with E-state index in [4.69, 9.17) is 0 Å². The number of benzene rings is 1. The molecule has 0 aliphatic carbocycles. The van der Waals surface area contributed by atoms with E-state index < -0.39 is 16.1 Å². The van der Waals surface area contributed by atoms with Crippen molar-refractivity contribution in [2.75, 3.05) is 24.3 Å². The van der Waals surface area contributed by atoms with Gasteiger partial charge in [-0.15, -0.1) is 0 Å². The van der Waals surface area contributed by atoms with Crippen molar-refractivity contribution in [3.63, 3.8) is 0 Å². The van der Waals surface area contributed by atoms with Crippen molar-refractivity contribution in [3.8, 4) is 0 Å². The summed E-state index contributed by atoms with van der Waals surface area (Å²) in [5.41, 5.74) is 1.68. The SMILES string of the molecule is CCS(=O)(=O)NC(CCSC)C(=O)NCCc1c[nH]c2cc(F)ccc12. The molecule has 1 unspecified atom stereocenters. The number of rotatable bonds is 10. The normalized spacial score (nSPS) is 13.0. The number of hydrogen-bond acceptors (Lipinski definition) is 4. The first kappa shape index (κ1) is 20.7. The van der Waals surface area contributed by atoms with Gasteiger partial charge in [-0.05, 0) is 55.5 Å². The first-order chi connectivity index (χ1) is 12.4. The summed E-state index contributed by atoms with van der Waals surface area (Å²) in [6.07, 6.45) is 4.69. The van der Waals surface area contributed by atoms with Crippen LogP contribution in [0.15, 0.2) is 24.4 Å². The van der Waals surface area contributed by atoms with Gasteiger partial charge in [0, 0.05) is 23.6 Å². The standard InChI is InChI=1S/C17H24FN3O3S2/c1-3-26(23,24)21-15(7-9-25-2)17(22)19-8-6-12-11-20-16-10-13(18)4-5-14(12)16/h4-5,10-11,15,20-21H,3,6-9H2,1-2H3,(H,19,22). The zero-order chi connectivity index (χ0) is 19.2. The van der Waals surface area contributed by atoms with Gasteiger partial charge in [0.25, 0.3) is 0 Å². The largest absolute Gasteiger partial charge is 0.361 e. The lowest BCUT2D eigenvalue weighted by atomic mass is 10.1. The number of aromatic nitrogens is 1. The second kappa shape index (κ2) is 9.38. The van der Waals surface area contributed by atoms with Gasteiger partial charge in [0.2, 0.25) is 15.9 Å². The molecule has 0 saturated carbocycles. The maximum Gasteiger partial charge on any atom is 0.238 e. The van der Waals surface area contributed by atoms with Gasteiger partial charge in [-0.1, -0.05) is 0 Å². The Hall–Kier alpha value is -1.58. The summed E-state index contributed by atoms with van der Waals surface area (Å²) in [5.74, 6) is -0.0266. The molecule has 0 radical (unpaired) electrons. The van der Waals surface area contributed by atoms with Crippen molar-refractivity contribution in [2.45, 2.75) is 25.8 Å². The lowest BCUT2D eigenvalue weighted by Crippen LogP contribution is -2.47. The molecule has 0 bridgehead atoms. The predicted octanol–water partition coefficient (Wildman–Crippen LogP) is 2.03. The van der Waals surface area contributed by atoms with Gasteiger partial charge in [-0.3, -0.25) is 4.79 Å². The van der Waals surface area contributed by atoms with Crippen LogP contribution in [0.5, 0.6) is 0 Å². The molecular formula is C17H24FN3O3S2. The third-order valence-electron chi connectivity index (χ3n) is 4.05. The second-order valence-electron chi connectivity index (χ2n) is 5.90. The Morgan fingerprint density at radius 3 is 2.85 bits per heavy atom. The maximum absolute atomic E-state index is 13.2. The molecule has 9 heteroatoms. The van der Waals surface area contributed by atoms with Crippen molar-refractivity contribution in [1.82, 2.24) is 15.0 Å². The summed E-state index contributed by atoms with van der Waals surface area (Å²) in [5, 5.41) is 3.70. The monoisotopic (exact) mass is 401 g/mol. The van der Waals surface area contributed by atoms with Gasteiger partial charge in [-0.2, -0.15) is 11.8 Å². The van der Waals surface area contributed by atoms with E-state index >= 15 is 0 Å². The molecular weight excluding hydrogens is 377 g/mol. The van der Waals surface area contributed by atoms with Crippen LogP contribution >= 0.6 is 11.8 Å². The third-order valence-corrected chi connectivity index (χ3v) is 6.10. The van der Waals surface area contributed by atoms with Gasteiger partial charge >= 0.3 is 0 Å². The molecule has 26 heavy (non-hydrogen) atoms. The molecule has 0 fully saturated rings. The molecule has 2 aromatic rings. The van der Waals surface area contributed by atoms with E-state index in [0.717, 1.165) is 10.9 Å². The van der Waals surface area contributed by atoms with Crippen LogP contribution in [0.1, 0.15) is 18.9 Å². The average Bonchev–Trinajstić information content (AvgIpc) is 3.00. The van der Waals surface area contributed by atoms with E-state index in [0.29, 0.717) is 30.7 Å². The topological polar surface area (TPSA) is 91.1 Å². The molecule has 0 saturated heterocycles. The van der Waals surface area contributed by atoms with Crippen molar-refractivity contribution in [1.29, 1.82) is 0 Å². The van der Waals surface area contributed by atoms with Gasteiger partial charge < -0.3 is 10.3 Å². The minimum atomic E-state index is -3.46. The smallest absolute Gasteiger partial charge is 0.238 e. The van der Waals surface area contributed by atoms with Crippen molar-refractivity contribution in [3.05, 3.63) is 35.8 Å². The van der Waals surface area contributed by atoms with E-state index in [1.165, 1.54) is 19.1 Å². The fourth-order valence-corrected chi connectivity index (χ4v) is 3.88. The van der Waals surface area contributed by atoms with Gasteiger partial charge in [0.05, 0.1) is 5.75 Å². The van der Waals surface area contributed by atoms with Crippen LogP contribution in [0.2, 0.25) is 0 Å². The zero-order valence-corrected chi connectivity index (χ0v) is 16.5. The molecule has 0 aliphatic rings. The molecule has 1 atom stereocenters. The summed E-state index contributed by atoms with van der Waals surface area (Å²) in [7, 11) is -3.46. The molecule has 1 aromatic heterocycles. The Morgan fingerprint density at radius 1 is 1.38 bits per heavy atom. The minimum Gasteiger partial charge on any atom is -0.361 e. The van der Waals surface area contributed by atoms with E-state index in [9.17, 15) is 17.6 Å². The first-order valence-electron chi connectivity index (χ1n) is 8.38. The number of carbonyl (C=O) groups excluding carboxylic acids is 1. The lowest BCUT2D eigenvalue weighted by Gasteiger charge is -2.17. The Bertz CT molecular complexity index is 852. The van der Waals surface area contributed by atoms with E-state index in [1.54, 1.807) is 24.0 Å². The maximum atomic E-state index is 13.2. The highest BCUT2D eigenvalue weighted by Crippen LogP contribution is 2.19. The van der Waals surface area contributed by atoms with Crippen LogP contribution in [-0.2, 0) is 21.2 Å².